The molecule has 0 saturated carbocycles. The summed E-state index contributed by atoms with van der Waals surface area (Å²) in [5.74, 6) is -7.83. The minimum absolute atomic E-state index is 0.0558. The van der Waals surface area contributed by atoms with Gasteiger partial charge in [-0.15, -0.1) is 0 Å². The van der Waals surface area contributed by atoms with Gasteiger partial charge in [-0.1, -0.05) is 103 Å². The molecule has 0 radical (unpaired) electrons. The first-order valence-electron chi connectivity index (χ1n) is 25.4. The number of ether oxygens (including phenoxy) is 1. The van der Waals surface area contributed by atoms with Gasteiger partial charge in [0.05, 0.1) is 5.92 Å². The highest BCUT2D eigenvalue weighted by Gasteiger charge is 2.46. The fraction of sp³-hybridized carbons (Fsp3) is 0.824. The van der Waals surface area contributed by atoms with E-state index in [-0.39, 0.29) is 37.1 Å². The summed E-state index contributed by atoms with van der Waals surface area (Å²) in [7, 11) is 6.05. The van der Waals surface area contributed by atoms with Crippen molar-refractivity contribution in [3.8, 4) is 0 Å². The Balaban J connectivity index is 2.85. The molecule has 0 aliphatic carbocycles. The van der Waals surface area contributed by atoms with Crippen LogP contribution in [0, 0.1) is 41.4 Å². The van der Waals surface area contributed by atoms with Gasteiger partial charge in [-0.3, -0.25) is 38.4 Å². The molecule has 0 aromatic heterocycles. The Morgan fingerprint density at radius 3 is 1.64 bits per heavy atom. The molecule has 11 atom stereocenters. The number of nitrogens with one attached hydrogen (secondary N) is 3. The minimum Gasteiger partial charge on any atom is -0.450 e. The third kappa shape index (κ3) is 15.1. The molecule has 2 aliphatic rings. The Morgan fingerprint density at radius 1 is 0.580 bits per heavy atom. The summed E-state index contributed by atoms with van der Waals surface area (Å²) in [4.78, 5) is 136. The van der Waals surface area contributed by atoms with E-state index < -0.39 is 131 Å². The highest BCUT2D eigenvalue weighted by atomic mass is 16.6. The van der Waals surface area contributed by atoms with Crippen molar-refractivity contribution in [2.24, 2.45) is 41.4 Å². The van der Waals surface area contributed by atoms with E-state index in [9.17, 15) is 43.2 Å². The average molecular weight is 975 g/mol. The fourth-order valence-corrected chi connectivity index (χ4v) is 9.49. The van der Waals surface area contributed by atoms with Crippen LogP contribution in [0.3, 0.4) is 0 Å². The van der Waals surface area contributed by atoms with E-state index in [0.29, 0.717) is 25.7 Å². The number of cyclic esters (lactones) is 1. The van der Waals surface area contributed by atoms with Gasteiger partial charge in [0.15, 0.2) is 6.10 Å². The summed E-state index contributed by atoms with van der Waals surface area (Å²) in [6.07, 6.45) is 0.784. The van der Waals surface area contributed by atoms with Crippen molar-refractivity contribution >= 4 is 53.2 Å². The summed E-state index contributed by atoms with van der Waals surface area (Å²) in [5, 5.41) is 8.63. The number of fused-ring (bicyclic) bond motifs is 1. The van der Waals surface area contributed by atoms with Crippen molar-refractivity contribution in [3.05, 3.63) is 0 Å². The van der Waals surface area contributed by atoms with E-state index in [1.807, 2.05) is 41.5 Å². The van der Waals surface area contributed by atoms with Crippen LogP contribution in [0.25, 0.3) is 0 Å². The zero-order valence-electron chi connectivity index (χ0n) is 45.5. The van der Waals surface area contributed by atoms with Gasteiger partial charge < -0.3 is 45.2 Å². The normalized spacial score (nSPS) is 29.4. The highest BCUT2D eigenvalue weighted by molar-refractivity contribution is 5.98. The van der Waals surface area contributed by atoms with Crippen molar-refractivity contribution < 1.29 is 47.9 Å². The summed E-state index contributed by atoms with van der Waals surface area (Å²) >= 11 is 0. The van der Waals surface area contributed by atoms with Crippen LogP contribution in [0.4, 0.5) is 0 Å². The molecule has 0 aromatic rings. The second-order valence-corrected chi connectivity index (χ2v) is 21.7. The second-order valence-electron chi connectivity index (χ2n) is 21.7. The number of nitrogens with zero attached hydrogens (tertiary/aromatic N) is 5. The van der Waals surface area contributed by atoms with Crippen molar-refractivity contribution in [2.75, 3.05) is 34.7 Å². The van der Waals surface area contributed by atoms with Gasteiger partial charge in [0.2, 0.25) is 41.4 Å². The molecule has 2 fully saturated rings. The predicted molar refractivity (Wildman–Crippen MR) is 265 cm³/mol. The number of esters is 1. The topological polar surface area (TPSA) is 215 Å². The van der Waals surface area contributed by atoms with E-state index in [1.165, 1.54) is 52.7 Å². The number of carbonyl (C=O) groups excluding carboxylic acids is 9. The summed E-state index contributed by atoms with van der Waals surface area (Å²) < 4.78 is 5.89. The Hall–Kier alpha value is -4.77. The van der Waals surface area contributed by atoms with Crippen molar-refractivity contribution in [1.29, 1.82) is 0 Å². The molecule has 0 spiro atoms. The molecule has 3 unspecified atom stereocenters. The van der Waals surface area contributed by atoms with Gasteiger partial charge >= 0.3 is 5.97 Å². The maximum atomic E-state index is 14.8. The first-order chi connectivity index (χ1) is 32.0. The molecule has 2 saturated heterocycles. The maximum Gasteiger partial charge on any atom is 0.329 e. The van der Waals surface area contributed by atoms with Crippen LogP contribution < -0.4 is 16.0 Å². The summed E-state index contributed by atoms with van der Waals surface area (Å²) in [5.41, 5.74) is 0. The van der Waals surface area contributed by atoms with Crippen LogP contribution in [0.2, 0.25) is 0 Å². The van der Waals surface area contributed by atoms with Crippen LogP contribution in [-0.2, 0) is 47.9 Å². The van der Waals surface area contributed by atoms with Crippen molar-refractivity contribution in [1.82, 2.24) is 40.4 Å². The summed E-state index contributed by atoms with van der Waals surface area (Å²) in [6.45, 7) is 27.1. The molecule has 3 N–H and O–H groups in total. The lowest BCUT2D eigenvalue weighted by Crippen LogP contribution is -2.61. The predicted octanol–water partition coefficient (Wildman–Crippen LogP) is 3.84. The van der Waals surface area contributed by atoms with E-state index in [1.54, 1.807) is 62.3 Å². The zero-order valence-corrected chi connectivity index (χ0v) is 45.5. The van der Waals surface area contributed by atoms with Gasteiger partial charge in [-0.25, -0.2) is 4.79 Å². The van der Waals surface area contributed by atoms with E-state index in [4.69, 9.17) is 4.74 Å². The number of rotatable bonds is 10. The monoisotopic (exact) mass is 975 g/mol. The number of likely N-dealkylation sites (N-methyl/N-ethyl adjacent to an activating group) is 4. The molecule has 0 aromatic carbocycles. The van der Waals surface area contributed by atoms with Gasteiger partial charge in [0.25, 0.3) is 5.91 Å². The highest BCUT2D eigenvalue weighted by Crippen LogP contribution is 2.27. The van der Waals surface area contributed by atoms with E-state index in [0.717, 1.165) is 0 Å². The van der Waals surface area contributed by atoms with Gasteiger partial charge in [-0.2, -0.15) is 0 Å². The maximum absolute atomic E-state index is 14.8. The average Bonchev–Trinajstić information content (AvgIpc) is 3.78. The lowest BCUT2D eigenvalue weighted by atomic mass is 9.93. The quantitative estimate of drug-likeness (QED) is 0.269. The van der Waals surface area contributed by atoms with Crippen LogP contribution in [0.1, 0.15) is 142 Å². The lowest BCUT2D eigenvalue weighted by molar-refractivity contribution is -0.163. The number of hydrogen-bond donors (Lipinski definition) is 3. The molecule has 2 heterocycles. The van der Waals surface area contributed by atoms with Gasteiger partial charge in [0.1, 0.15) is 42.3 Å². The number of amides is 8. The first-order valence-corrected chi connectivity index (χ1v) is 25.4. The number of hydrogen-bond acceptors (Lipinski definition) is 10. The molecule has 2 aliphatic heterocycles. The van der Waals surface area contributed by atoms with Crippen LogP contribution in [0.15, 0.2) is 0 Å². The van der Waals surface area contributed by atoms with E-state index >= 15 is 0 Å². The molecule has 8 amide bonds. The Morgan fingerprint density at radius 2 is 1.14 bits per heavy atom. The third-order valence-electron chi connectivity index (χ3n) is 14.2. The van der Waals surface area contributed by atoms with Gasteiger partial charge in [0, 0.05) is 40.8 Å². The molecular formula is C51H90N8O10. The smallest absolute Gasteiger partial charge is 0.329 e. The van der Waals surface area contributed by atoms with Crippen LogP contribution >= 0.6 is 0 Å². The van der Waals surface area contributed by atoms with Gasteiger partial charge in [-0.05, 0) is 74.5 Å². The molecule has 0 bridgehead atoms. The van der Waals surface area contributed by atoms with Crippen molar-refractivity contribution in [3.63, 3.8) is 0 Å². The van der Waals surface area contributed by atoms with Crippen molar-refractivity contribution in [2.45, 2.75) is 197 Å². The lowest BCUT2D eigenvalue weighted by Gasteiger charge is -2.41. The third-order valence-corrected chi connectivity index (χ3v) is 14.2. The Labute approximate surface area is 413 Å². The molecule has 18 nitrogen and oxygen atoms in total. The zero-order chi connectivity index (χ0) is 53.1. The molecule has 18 heteroatoms. The number of carbonyl (C=O) groups is 9. The first kappa shape index (κ1) is 60.4. The van der Waals surface area contributed by atoms with Crippen LogP contribution in [-0.4, -0.2) is 167 Å². The molecule has 2 rings (SSSR count). The minimum atomic E-state index is -1.30. The van der Waals surface area contributed by atoms with Crippen LogP contribution in [0.5, 0.6) is 0 Å². The fourth-order valence-electron chi connectivity index (χ4n) is 9.49. The molecule has 69 heavy (non-hydrogen) atoms. The molecule has 394 valence electrons. The largest absolute Gasteiger partial charge is 0.450 e. The Bertz CT molecular complexity index is 1820. The second kappa shape index (κ2) is 26.4. The molecular weight excluding hydrogens is 885 g/mol. The standard InChI is InChI=1S/C51H90N8O10/c1-20-32(13)41-49(66)55(16)34(15)46(63)56(17)38(26-28(5)6)48(65)57(18)40(30(9)10)50(67)59-24-22-23-37(59)44(61)54-39(29(7)8)51(68)69-42(31(11)12)45(62)52-35(21-2)33(14)43(60)53-36(25-27(3)4)47(64)58(41)19/h27-42H,20-26H2,1-19H3,(H,52,62)(H,53,60)(H,54,61)/t32-,33?,34-,35?,36-,37-,38-,39-,40-,41-,42?/m0/s1. The van der Waals surface area contributed by atoms with E-state index in [2.05, 4.69) is 16.0 Å². The summed E-state index contributed by atoms with van der Waals surface area (Å²) in [6, 6.07) is -8.14. The SMILES string of the molecule is CCC1NC(=O)C(C(C)C)OC(=O)[C@H](C(C)C)NC(=O)[C@@H]2CCCN2C(=O)[C@H](C(C)C)N(C)C(=O)[C@H](CC(C)C)N(C)C(=O)[C@H](C)N(C)C(=O)[C@H]([C@@H](C)CC)N(C)C(=O)[C@H](CC(C)C)NC(=O)C1C. The Kier molecular flexibility index (Phi) is 23.1.